The summed E-state index contributed by atoms with van der Waals surface area (Å²) in [5.41, 5.74) is 0.341. The molecular weight excluding hydrogens is 290 g/mol. The highest BCUT2D eigenvalue weighted by Gasteiger charge is 2.36. The van der Waals surface area contributed by atoms with Crippen LogP contribution in [0.5, 0.6) is 5.75 Å². The first-order chi connectivity index (χ1) is 7.99. The number of phenols is 1. The van der Waals surface area contributed by atoms with Crippen molar-refractivity contribution in [2.45, 2.75) is 6.42 Å². The number of nitrogens with zero attached hydrogens (tertiary/aromatic N) is 1. The molecule has 0 spiro atoms. The summed E-state index contributed by atoms with van der Waals surface area (Å²) in [5.74, 6) is -2.02. The quantitative estimate of drug-likeness (QED) is 0.869. The van der Waals surface area contributed by atoms with E-state index in [0.29, 0.717) is 5.69 Å². The van der Waals surface area contributed by atoms with Gasteiger partial charge in [-0.05, 0) is 18.2 Å². The van der Waals surface area contributed by atoms with Gasteiger partial charge in [0, 0.05) is 17.4 Å². The van der Waals surface area contributed by atoms with Gasteiger partial charge in [-0.2, -0.15) is 0 Å². The van der Waals surface area contributed by atoms with E-state index in [9.17, 15) is 14.7 Å². The lowest BCUT2D eigenvalue weighted by atomic mass is 10.1. The summed E-state index contributed by atoms with van der Waals surface area (Å²) < 4.78 is 0.719. The molecule has 1 amide bonds. The van der Waals surface area contributed by atoms with E-state index < -0.39 is 11.9 Å². The smallest absolute Gasteiger partial charge is 0.308 e. The van der Waals surface area contributed by atoms with Crippen molar-refractivity contribution in [3.05, 3.63) is 22.7 Å². The van der Waals surface area contributed by atoms with Crippen LogP contribution >= 0.6 is 15.9 Å². The van der Waals surface area contributed by atoms with Gasteiger partial charge in [-0.3, -0.25) is 9.59 Å². The number of amides is 1. The van der Waals surface area contributed by atoms with Crippen LogP contribution in [0.1, 0.15) is 6.42 Å². The zero-order valence-electron chi connectivity index (χ0n) is 8.76. The first-order valence-electron chi connectivity index (χ1n) is 5.00. The molecule has 0 aliphatic carbocycles. The number of aromatic hydroxyl groups is 1. The second-order valence-corrected chi connectivity index (χ2v) is 4.79. The maximum Gasteiger partial charge on any atom is 0.308 e. The van der Waals surface area contributed by atoms with Crippen LogP contribution in [0.3, 0.4) is 0 Å². The van der Waals surface area contributed by atoms with Gasteiger partial charge >= 0.3 is 5.97 Å². The molecule has 0 bridgehead atoms. The van der Waals surface area contributed by atoms with Crippen LogP contribution in [0.25, 0.3) is 0 Å². The summed E-state index contributed by atoms with van der Waals surface area (Å²) >= 11 is 3.24. The van der Waals surface area contributed by atoms with Crippen LogP contribution in [0.15, 0.2) is 22.7 Å². The molecule has 17 heavy (non-hydrogen) atoms. The molecule has 1 aliphatic heterocycles. The van der Waals surface area contributed by atoms with Crippen LogP contribution in [0.4, 0.5) is 5.69 Å². The fourth-order valence-electron chi connectivity index (χ4n) is 1.82. The summed E-state index contributed by atoms with van der Waals surface area (Å²) in [6.45, 7) is 0.0954. The maximum absolute atomic E-state index is 11.7. The number of carboxylic acids is 1. The summed E-state index contributed by atoms with van der Waals surface area (Å²) in [6.07, 6.45) is -0.0265. The van der Waals surface area contributed by atoms with E-state index in [-0.39, 0.29) is 24.6 Å². The molecule has 5 nitrogen and oxygen atoms in total. The monoisotopic (exact) mass is 299 g/mol. The van der Waals surface area contributed by atoms with Crippen molar-refractivity contribution in [2.75, 3.05) is 11.4 Å². The van der Waals surface area contributed by atoms with Gasteiger partial charge in [-0.25, -0.2) is 0 Å². The molecule has 1 aliphatic rings. The van der Waals surface area contributed by atoms with Crippen LogP contribution in [-0.4, -0.2) is 28.6 Å². The number of phenolic OH excluding ortho intramolecular Hbond substituents is 1. The van der Waals surface area contributed by atoms with Crippen molar-refractivity contribution >= 4 is 33.5 Å². The SMILES string of the molecule is O=C(O)C1CC(=O)N(c2cc(Br)ccc2O)C1. The topological polar surface area (TPSA) is 77.8 Å². The predicted octanol–water partition coefficient (Wildman–Crippen LogP) is 1.59. The lowest BCUT2D eigenvalue weighted by molar-refractivity contribution is -0.141. The number of aliphatic carboxylic acids is 1. The van der Waals surface area contributed by atoms with Crippen LogP contribution < -0.4 is 4.90 Å². The van der Waals surface area contributed by atoms with Crippen molar-refractivity contribution in [3.63, 3.8) is 0 Å². The van der Waals surface area contributed by atoms with Crippen molar-refractivity contribution in [2.24, 2.45) is 5.92 Å². The lowest BCUT2D eigenvalue weighted by Gasteiger charge is -2.17. The Morgan fingerprint density at radius 1 is 1.47 bits per heavy atom. The Bertz CT molecular complexity index is 488. The molecule has 1 heterocycles. The van der Waals surface area contributed by atoms with E-state index in [4.69, 9.17) is 5.11 Å². The lowest BCUT2D eigenvalue weighted by Crippen LogP contribution is -2.25. The summed E-state index contributed by atoms with van der Waals surface area (Å²) in [4.78, 5) is 23.8. The minimum absolute atomic E-state index is 0.0265. The Labute approximate surface area is 106 Å². The molecule has 90 valence electrons. The summed E-state index contributed by atoms with van der Waals surface area (Å²) in [5, 5.41) is 18.5. The molecule has 1 aromatic rings. The van der Waals surface area contributed by atoms with E-state index >= 15 is 0 Å². The zero-order chi connectivity index (χ0) is 12.6. The normalized spacial score (nSPS) is 19.7. The predicted molar refractivity (Wildman–Crippen MR) is 63.9 cm³/mol. The first kappa shape index (κ1) is 11.9. The fraction of sp³-hybridized carbons (Fsp3) is 0.273. The number of carboxylic acid groups (broad SMARTS) is 1. The average Bonchev–Trinajstić information content (AvgIpc) is 2.64. The van der Waals surface area contributed by atoms with Crippen LogP contribution in [0, 0.1) is 5.92 Å². The van der Waals surface area contributed by atoms with Gasteiger partial charge in [-0.1, -0.05) is 15.9 Å². The Kier molecular flexibility index (Phi) is 3.06. The number of carbonyl (C=O) groups excluding carboxylic acids is 1. The molecule has 2 rings (SSSR count). The highest BCUT2D eigenvalue weighted by Crippen LogP contribution is 2.34. The minimum Gasteiger partial charge on any atom is -0.506 e. The van der Waals surface area contributed by atoms with Gasteiger partial charge in [0.25, 0.3) is 0 Å². The molecule has 0 saturated carbocycles. The molecule has 0 radical (unpaired) electrons. The second-order valence-electron chi connectivity index (χ2n) is 3.88. The number of rotatable bonds is 2. The zero-order valence-corrected chi connectivity index (χ0v) is 10.3. The van der Waals surface area contributed by atoms with Gasteiger partial charge in [0.15, 0.2) is 0 Å². The van der Waals surface area contributed by atoms with Gasteiger partial charge in [0.1, 0.15) is 5.75 Å². The van der Waals surface area contributed by atoms with Crippen LogP contribution in [0.2, 0.25) is 0 Å². The number of anilines is 1. The van der Waals surface area contributed by atoms with Gasteiger partial charge in [-0.15, -0.1) is 0 Å². The molecule has 1 unspecified atom stereocenters. The first-order valence-corrected chi connectivity index (χ1v) is 5.80. The van der Waals surface area contributed by atoms with Crippen molar-refractivity contribution in [3.8, 4) is 5.75 Å². The third-order valence-electron chi connectivity index (χ3n) is 2.70. The largest absolute Gasteiger partial charge is 0.506 e. The third-order valence-corrected chi connectivity index (χ3v) is 3.20. The molecule has 1 atom stereocenters. The number of carbonyl (C=O) groups is 2. The molecule has 2 N–H and O–H groups in total. The minimum atomic E-state index is -0.990. The number of halogens is 1. The number of benzene rings is 1. The highest BCUT2D eigenvalue weighted by molar-refractivity contribution is 9.10. The highest BCUT2D eigenvalue weighted by atomic mass is 79.9. The average molecular weight is 300 g/mol. The molecule has 1 fully saturated rings. The third kappa shape index (κ3) is 2.26. The molecule has 6 heteroatoms. The van der Waals surface area contributed by atoms with Gasteiger partial charge in [0.2, 0.25) is 5.91 Å². The van der Waals surface area contributed by atoms with Crippen molar-refractivity contribution < 1.29 is 19.8 Å². The Morgan fingerprint density at radius 3 is 2.76 bits per heavy atom. The van der Waals surface area contributed by atoms with Crippen molar-refractivity contribution in [1.82, 2.24) is 0 Å². The summed E-state index contributed by atoms with van der Waals surface area (Å²) in [7, 11) is 0. The summed E-state index contributed by atoms with van der Waals surface area (Å²) in [6, 6.07) is 4.70. The van der Waals surface area contributed by atoms with Gasteiger partial charge < -0.3 is 15.1 Å². The van der Waals surface area contributed by atoms with E-state index in [1.807, 2.05) is 0 Å². The van der Waals surface area contributed by atoms with E-state index in [2.05, 4.69) is 15.9 Å². The van der Waals surface area contributed by atoms with E-state index in [1.165, 1.54) is 11.0 Å². The molecular formula is C11H10BrNO4. The molecule has 1 aromatic carbocycles. The molecule has 1 saturated heterocycles. The second kappa shape index (κ2) is 4.37. The fourth-order valence-corrected chi connectivity index (χ4v) is 2.17. The Hall–Kier alpha value is -1.56. The van der Waals surface area contributed by atoms with E-state index in [0.717, 1.165) is 4.47 Å². The Balaban J connectivity index is 2.32. The van der Waals surface area contributed by atoms with Gasteiger partial charge in [0.05, 0.1) is 11.6 Å². The standard InChI is InChI=1S/C11H10BrNO4/c12-7-1-2-9(14)8(4-7)13-5-6(11(16)17)3-10(13)15/h1-2,4,6,14H,3,5H2,(H,16,17). The number of hydrogen-bond acceptors (Lipinski definition) is 3. The van der Waals surface area contributed by atoms with Crippen LogP contribution in [-0.2, 0) is 9.59 Å². The maximum atomic E-state index is 11.7. The number of hydrogen-bond donors (Lipinski definition) is 2. The van der Waals surface area contributed by atoms with Crippen molar-refractivity contribution in [1.29, 1.82) is 0 Å². The molecule has 0 aromatic heterocycles. The van der Waals surface area contributed by atoms with E-state index in [1.54, 1.807) is 12.1 Å². The Morgan fingerprint density at radius 2 is 2.18 bits per heavy atom.